The Morgan fingerprint density at radius 3 is 2.54 bits per heavy atom. The van der Waals surface area contributed by atoms with Crippen LogP contribution in [0.3, 0.4) is 0 Å². The molecular formula is C21H31N5O2. The average Bonchev–Trinajstić information content (AvgIpc) is 3.03. The summed E-state index contributed by atoms with van der Waals surface area (Å²) in [6.07, 6.45) is 7.49. The summed E-state index contributed by atoms with van der Waals surface area (Å²) >= 11 is 0. The van der Waals surface area contributed by atoms with Crippen LogP contribution in [-0.2, 0) is 18.5 Å². The SMILES string of the molecule is CC(C)(C)c1cc(=O)n(CC2CCN(Cc3noc(C4CCC4)n3)CC2)cn1. The molecule has 7 heteroatoms. The Kier molecular flexibility index (Phi) is 5.36. The summed E-state index contributed by atoms with van der Waals surface area (Å²) in [6.45, 7) is 9.73. The smallest absolute Gasteiger partial charge is 0.253 e. The summed E-state index contributed by atoms with van der Waals surface area (Å²) in [7, 11) is 0. The second-order valence-electron chi connectivity index (χ2n) is 9.41. The minimum atomic E-state index is -0.1000. The van der Waals surface area contributed by atoms with Crippen LogP contribution in [-0.4, -0.2) is 37.7 Å². The zero-order valence-corrected chi connectivity index (χ0v) is 17.2. The zero-order chi connectivity index (χ0) is 19.7. The van der Waals surface area contributed by atoms with Crippen molar-refractivity contribution in [1.29, 1.82) is 0 Å². The van der Waals surface area contributed by atoms with E-state index in [-0.39, 0.29) is 11.0 Å². The molecule has 2 fully saturated rings. The van der Waals surface area contributed by atoms with Crippen LogP contribution in [0.5, 0.6) is 0 Å². The Hall–Kier alpha value is -2.02. The third-order valence-electron chi connectivity index (χ3n) is 6.11. The fourth-order valence-electron chi connectivity index (χ4n) is 3.93. The van der Waals surface area contributed by atoms with Crippen molar-refractivity contribution in [3.05, 3.63) is 40.2 Å². The minimum absolute atomic E-state index is 0.0534. The summed E-state index contributed by atoms with van der Waals surface area (Å²) in [6, 6.07) is 1.69. The lowest BCUT2D eigenvalue weighted by atomic mass is 9.85. The topological polar surface area (TPSA) is 77.0 Å². The molecule has 1 aliphatic heterocycles. The summed E-state index contributed by atoms with van der Waals surface area (Å²) in [5.74, 6) is 2.62. The van der Waals surface area contributed by atoms with Crippen LogP contribution >= 0.6 is 0 Å². The molecule has 0 spiro atoms. The van der Waals surface area contributed by atoms with E-state index in [2.05, 4.69) is 40.8 Å². The highest BCUT2D eigenvalue weighted by Gasteiger charge is 2.27. The molecule has 1 saturated heterocycles. The summed E-state index contributed by atoms with van der Waals surface area (Å²) in [4.78, 5) is 23.9. The van der Waals surface area contributed by atoms with Crippen LogP contribution in [0.25, 0.3) is 0 Å². The predicted molar refractivity (Wildman–Crippen MR) is 106 cm³/mol. The molecule has 2 aliphatic rings. The quantitative estimate of drug-likeness (QED) is 0.787. The van der Waals surface area contributed by atoms with Crippen molar-refractivity contribution < 1.29 is 4.52 Å². The third kappa shape index (κ3) is 4.35. The van der Waals surface area contributed by atoms with E-state index in [1.807, 2.05) is 0 Å². The monoisotopic (exact) mass is 385 g/mol. The standard InChI is InChI=1S/C21H31N5O2/c1-21(2,3)17-11-19(27)26(14-22-17)12-15-7-9-25(10-8-15)13-18-23-20(28-24-18)16-5-4-6-16/h11,14-16H,4-10,12-13H2,1-3H3. The Morgan fingerprint density at radius 1 is 1.18 bits per heavy atom. The number of aromatic nitrogens is 4. The molecule has 7 nitrogen and oxygen atoms in total. The zero-order valence-electron chi connectivity index (χ0n) is 17.2. The average molecular weight is 386 g/mol. The third-order valence-corrected chi connectivity index (χ3v) is 6.11. The van der Waals surface area contributed by atoms with Gasteiger partial charge in [0.2, 0.25) is 5.89 Å². The molecule has 0 bridgehead atoms. The molecule has 0 radical (unpaired) electrons. The molecule has 152 valence electrons. The van der Waals surface area contributed by atoms with Gasteiger partial charge in [-0.3, -0.25) is 14.3 Å². The van der Waals surface area contributed by atoms with E-state index in [4.69, 9.17) is 4.52 Å². The van der Waals surface area contributed by atoms with Crippen molar-refractivity contribution in [2.24, 2.45) is 5.92 Å². The summed E-state index contributed by atoms with van der Waals surface area (Å²) in [5.41, 5.74) is 0.805. The summed E-state index contributed by atoms with van der Waals surface area (Å²) in [5, 5.41) is 4.16. The van der Waals surface area contributed by atoms with Crippen molar-refractivity contribution in [3.63, 3.8) is 0 Å². The van der Waals surface area contributed by atoms with Gasteiger partial charge in [0.25, 0.3) is 5.56 Å². The Labute approximate surface area is 166 Å². The van der Waals surface area contributed by atoms with Gasteiger partial charge in [0.1, 0.15) is 0 Å². The molecule has 2 aromatic rings. The number of hydrogen-bond donors (Lipinski definition) is 0. The highest BCUT2D eigenvalue weighted by Crippen LogP contribution is 2.35. The van der Waals surface area contributed by atoms with E-state index in [0.29, 0.717) is 11.8 Å². The fourth-order valence-corrected chi connectivity index (χ4v) is 3.93. The first-order valence-electron chi connectivity index (χ1n) is 10.5. The van der Waals surface area contributed by atoms with Crippen LogP contribution < -0.4 is 5.56 Å². The van der Waals surface area contributed by atoms with Crippen molar-refractivity contribution in [2.75, 3.05) is 13.1 Å². The summed E-state index contributed by atoms with van der Waals surface area (Å²) < 4.78 is 7.19. The molecule has 0 atom stereocenters. The van der Waals surface area contributed by atoms with Crippen molar-refractivity contribution in [1.82, 2.24) is 24.6 Å². The first-order valence-corrected chi connectivity index (χ1v) is 10.5. The maximum Gasteiger partial charge on any atom is 0.253 e. The van der Waals surface area contributed by atoms with Gasteiger partial charge in [-0.2, -0.15) is 4.98 Å². The molecular weight excluding hydrogens is 354 g/mol. The molecule has 4 rings (SSSR count). The lowest BCUT2D eigenvalue weighted by Crippen LogP contribution is -2.36. The van der Waals surface area contributed by atoms with Crippen LogP contribution in [0.1, 0.15) is 76.2 Å². The highest BCUT2D eigenvalue weighted by atomic mass is 16.5. The maximum atomic E-state index is 12.4. The number of rotatable bonds is 5. The van der Waals surface area contributed by atoms with Crippen molar-refractivity contribution in [2.45, 2.75) is 77.3 Å². The normalized spacial score (nSPS) is 19.7. The Morgan fingerprint density at radius 2 is 1.93 bits per heavy atom. The number of likely N-dealkylation sites (tertiary alicyclic amines) is 1. The maximum absolute atomic E-state index is 12.4. The molecule has 0 amide bonds. The van der Waals surface area contributed by atoms with E-state index in [1.165, 1.54) is 19.3 Å². The minimum Gasteiger partial charge on any atom is -0.339 e. The van der Waals surface area contributed by atoms with Gasteiger partial charge in [0.05, 0.1) is 18.6 Å². The molecule has 3 heterocycles. The fraction of sp³-hybridized carbons (Fsp3) is 0.714. The van der Waals surface area contributed by atoms with Gasteiger partial charge >= 0.3 is 0 Å². The lowest BCUT2D eigenvalue weighted by molar-refractivity contribution is 0.161. The van der Waals surface area contributed by atoms with Crippen LogP contribution in [0.4, 0.5) is 0 Å². The van der Waals surface area contributed by atoms with Gasteiger partial charge in [-0.1, -0.05) is 32.3 Å². The number of piperidine rings is 1. The van der Waals surface area contributed by atoms with Gasteiger partial charge in [-0.05, 0) is 44.7 Å². The van der Waals surface area contributed by atoms with Gasteiger partial charge in [0.15, 0.2) is 5.82 Å². The largest absolute Gasteiger partial charge is 0.339 e. The van der Waals surface area contributed by atoms with Crippen LogP contribution in [0.15, 0.2) is 21.7 Å². The molecule has 2 aromatic heterocycles. The number of hydrogen-bond acceptors (Lipinski definition) is 6. The van der Waals surface area contributed by atoms with E-state index in [9.17, 15) is 4.79 Å². The molecule has 28 heavy (non-hydrogen) atoms. The molecule has 1 saturated carbocycles. The van der Waals surface area contributed by atoms with Gasteiger partial charge in [0, 0.05) is 23.9 Å². The van der Waals surface area contributed by atoms with Gasteiger partial charge < -0.3 is 4.52 Å². The molecule has 0 unspecified atom stereocenters. The van der Waals surface area contributed by atoms with Crippen molar-refractivity contribution in [3.8, 4) is 0 Å². The first-order chi connectivity index (χ1) is 13.4. The molecule has 1 aliphatic carbocycles. The van der Waals surface area contributed by atoms with E-state index >= 15 is 0 Å². The molecule has 0 N–H and O–H groups in total. The van der Waals surface area contributed by atoms with E-state index in [1.54, 1.807) is 17.0 Å². The Balaban J connectivity index is 1.28. The van der Waals surface area contributed by atoms with Gasteiger partial charge in [-0.25, -0.2) is 4.98 Å². The second-order valence-corrected chi connectivity index (χ2v) is 9.41. The second kappa shape index (κ2) is 7.78. The lowest BCUT2D eigenvalue weighted by Gasteiger charge is -2.31. The van der Waals surface area contributed by atoms with Crippen LogP contribution in [0, 0.1) is 5.92 Å². The number of nitrogens with zero attached hydrogens (tertiary/aromatic N) is 5. The van der Waals surface area contributed by atoms with E-state index in [0.717, 1.165) is 56.4 Å². The van der Waals surface area contributed by atoms with Crippen molar-refractivity contribution >= 4 is 0 Å². The van der Waals surface area contributed by atoms with Crippen LogP contribution in [0.2, 0.25) is 0 Å². The molecule has 0 aromatic carbocycles. The van der Waals surface area contributed by atoms with E-state index < -0.39 is 0 Å². The predicted octanol–water partition coefficient (Wildman–Crippen LogP) is 3.10. The Bertz CT molecular complexity index is 854. The first kappa shape index (κ1) is 19.3. The van der Waals surface area contributed by atoms with Gasteiger partial charge in [-0.15, -0.1) is 0 Å². The highest BCUT2D eigenvalue weighted by molar-refractivity contribution is 5.10.